The minimum Gasteiger partial charge on any atom is -0.399 e. The zero-order valence-electron chi connectivity index (χ0n) is 34.8. The number of nitrogen functional groups attached to an aromatic ring is 2. The average molecular weight is 698 g/mol. The molecule has 1 fully saturated rings. The maximum Gasteiger partial charge on any atom is 0.0491 e. The van der Waals surface area contributed by atoms with Crippen molar-refractivity contribution in [2.75, 3.05) is 11.5 Å². The van der Waals surface area contributed by atoms with E-state index < -0.39 is 121 Å². The van der Waals surface area contributed by atoms with Crippen molar-refractivity contribution in [3.05, 3.63) is 48.0 Å². The average Bonchev–Trinajstić information content (AvgIpc) is 3.12. The number of hydrogen-bond donors (Lipinski definition) is 2. The highest BCUT2D eigenvalue weighted by Gasteiger charge is 2.58. The lowest BCUT2D eigenvalue weighted by Crippen LogP contribution is -2.91. The van der Waals surface area contributed by atoms with Crippen LogP contribution in [-0.4, -0.2) is 283 Å². The lowest BCUT2D eigenvalue weighted by atomic mass is 8.30. The molecule has 42 heteroatoms. The van der Waals surface area contributed by atoms with Gasteiger partial charge in [-0.25, -0.2) is 0 Å². The monoisotopic (exact) mass is 706 g/mol. The highest BCUT2D eigenvalue weighted by Crippen LogP contribution is 2.43. The molecule has 0 amide bonds. The van der Waals surface area contributed by atoms with Gasteiger partial charge in [0, 0.05) is 295 Å². The smallest absolute Gasteiger partial charge is 0.0491 e. The summed E-state index contributed by atoms with van der Waals surface area (Å²) in [4.78, 5) is 0. The van der Waals surface area contributed by atoms with Gasteiger partial charge in [-0.1, -0.05) is 42.9 Å². The second kappa shape index (κ2) is 25.0. The van der Waals surface area contributed by atoms with Gasteiger partial charge in [-0.15, -0.1) is 0 Å². The van der Waals surface area contributed by atoms with Gasteiger partial charge in [0.2, 0.25) is 0 Å². The van der Waals surface area contributed by atoms with E-state index in [0.29, 0.717) is 24.2 Å². The summed E-state index contributed by atoms with van der Waals surface area (Å²) in [6, 6.07) is 13.8. The number of anilines is 2. The van der Waals surface area contributed by atoms with Gasteiger partial charge in [0.25, 0.3) is 0 Å². The van der Waals surface area contributed by atoms with E-state index in [-0.39, 0.29) is 11.7 Å². The van der Waals surface area contributed by atoms with Crippen molar-refractivity contribution < 1.29 is 0 Å². The first-order chi connectivity index (χ1) is 28.0. The Labute approximate surface area is 399 Å². The van der Waals surface area contributed by atoms with Crippen LogP contribution in [0.4, 0.5) is 11.4 Å². The van der Waals surface area contributed by atoms with Gasteiger partial charge in [-0.2, -0.15) is 0 Å². The van der Waals surface area contributed by atoms with E-state index in [1.54, 1.807) is 6.07 Å². The molecule has 1 aliphatic rings. The van der Waals surface area contributed by atoms with Crippen LogP contribution in [0.1, 0.15) is 37.2 Å². The fourth-order valence-corrected chi connectivity index (χ4v) is 10.8. The second-order valence-electron chi connectivity index (χ2n) is 17.3. The lowest BCUT2D eigenvalue weighted by Gasteiger charge is -2.55. The first-order valence-electron chi connectivity index (χ1n) is 20.6. The Morgan fingerprint density at radius 1 is 0.400 bits per heavy atom. The van der Waals surface area contributed by atoms with Crippen molar-refractivity contribution in [3.8, 4) is 11.1 Å². The summed E-state index contributed by atoms with van der Waals surface area (Å²) in [6.07, 6.45) is -16.3. The van der Waals surface area contributed by atoms with Gasteiger partial charge < -0.3 is 11.5 Å². The lowest BCUT2D eigenvalue weighted by molar-refractivity contribution is 0.442. The third-order valence-electron chi connectivity index (χ3n) is 13.2. The van der Waals surface area contributed by atoms with Crippen molar-refractivity contribution in [1.82, 2.24) is 0 Å². The molecule has 0 unspecified atom stereocenters. The molecule has 3 rings (SSSR count). The molecule has 0 saturated heterocycles. The Kier molecular flexibility index (Phi) is 22.9. The Bertz CT molecular complexity index is 1460. The topological polar surface area (TPSA) is 52.0 Å². The van der Waals surface area contributed by atoms with Gasteiger partial charge in [0.1, 0.15) is 0 Å². The predicted molar refractivity (Wildman–Crippen MR) is 316 cm³/mol. The molecule has 0 aliphatic heterocycles. The Hall–Kier alpha value is 0.637. The van der Waals surface area contributed by atoms with E-state index in [1.165, 1.54) is 7.06 Å². The second-order valence-corrected chi connectivity index (χ2v) is 17.3. The fraction of sp³-hybridized carbons (Fsp3) is 0.333. The molecule has 4 N–H and O–H groups in total. The van der Waals surface area contributed by atoms with Crippen LogP contribution in [0, 0.1) is 0 Å². The largest absolute Gasteiger partial charge is 0.399 e. The van der Waals surface area contributed by atoms with Crippen LogP contribution >= 0.6 is 0 Å². The van der Waals surface area contributed by atoms with E-state index in [1.807, 2.05) is 12.1 Å². The first kappa shape index (κ1) is 55.0. The fourth-order valence-electron chi connectivity index (χ4n) is 10.8. The van der Waals surface area contributed by atoms with E-state index in [0.717, 1.165) is 29.5 Å². The molecule has 41 radical (unpaired) electrons. The molecule has 1 saturated carbocycles. The SMILES string of the molecule is [B][B]B([B])B(B([B])[B])B(B(B(B([B])[B])B([B])[B])B(B([B])[B])B([B])[B])B(B(B(B([B])[B])B([B])[B])B(B([B])[B])B([B])[B])C1CCC(c2ccc(-c3cc(N)cc(N)c3)cc2)CC1. The van der Waals surface area contributed by atoms with E-state index in [2.05, 4.69) is 24.3 Å². The van der Waals surface area contributed by atoms with Crippen LogP contribution in [0.15, 0.2) is 42.5 Å². The maximum atomic E-state index is 6.89. The molecule has 0 atom stereocenters. The van der Waals surface area contributed by atoms with Crippen molar-refractivity contribution in [1.29, 1.82) is 0 Å². The van der Waals surface area contributed by atoms with Crippen molar-refractivity contribution >= 4 is 295 Å². The predicted octanol–water partition coefficient (Wildman–Crippen LogP) is -10.7. The van der Waals surface area contributed by atoms with Gasteiger partial charge in [0.05, 0.1) is 0 Å². The normalized spacial score (nSPS) is 14.2. The van der Waals surface area contributed by atoms with Crippen molar-refractivity contribution in [2.45, 2.75) is 37.4 Å². The van der Waals surface area contributed by atoms with Gasteiger partial charge in [0.15, 0.2) is 0 Å². The molecule has 0 spiro atoms. The molecule has 0 heterocycles. The molecule has 2 nitrogen and oxygen atoms in total. The molecule has 0 bridgehead atoms. The Balaban J connectivity index is 2.42. The van der Waals surface area contributed by atoms with Gasteiger partial charge in [-0.3, -0.25) is 0 Å². The maximum absolute atomic E-state index is 6.89. The van der Waals surface area contributed by atoms with Crippen LogP contribution in [0.3, 0.4) is 0 Å². The summed E-state index contributed by atoms with van der Waals surface area (Å²) in [7, 11) is 133. The zero-order valence-corrected chi connectivity index (χ0v) is 34.8. The highest BCUT2D eigenvalue weighted by atomic mass is 14.6. The summed E-state index contributed by atoms with van der Waals surface area (Å²) in [5, 5.41) is 0. The van der Waals surface area contributed by atoms with E-state index in [4.69, 9.17) is 166 Å². The van der Waals surface area contributed by atoms with E-state index in [9.17, 15) is 0 Å². The van der Waals surface area contributed by atoms with Crippen molar-refractivity contribution in [3.63, 3.8) is 0 Å². The minimum absolute atomic E-state index is 0.153. The quantitative estimate of drug-likeness (QED) is 0.0950. The van der Waals surface area contributed by atoms with Gasteiger partial charge in [-0.05, 0) is 53.6 Å². The van der Waals surface area contributed by atoms with Crippen LogP contribution < -0.4 is 11.5 Å². The summed E-state index contributed by atoms with van der Waals surface area (Å²) < 4.78 is 0. The number of hydrogen-bond acceptors (Lipinski definition) is 2. The zero-order chi connectivity index (χ0) is 45.5. The first-order valence-corrected chi connectivity index (χ1v) is 20.6. The molecule has 223 valence electrons. The number of nitrogens with two attached hydrogens (primary N) is 2. The molecule has 2 aromatic rings. The van der Waals surface area contributed by atoms with Crippen molar-refractivity contribution in [2.24, 2.45) is 0 Å². The summed E-state index contributed by atoms with van der Waals surface area (Å²) in [6.45, 7) is -0.707. The third kappa shape index (κ3) is 13.8. The van der Waals surface area contributed by atoms with Crippen LogP contribution in [0.5, 0.6) is 0 Å². The molecule has 2 aromatic carbocycles. The molecule has 0 aromatic heterocycles. The number of rotatable bonds is 22. The van der Waals surface area contributed by atoms with Gasteiger partial charge >= 0.3 is 0 Å². The Morgan fingerprint density at radius 3 is 1.07 bits per heavy atom. The van der Waals surface area contributed by atoms with Crippen LogP contribution in [0.25, 0.3) is 11.1 Å². The highest BCUT2D eigenvalue weighted by molar-refractivity contribution is 8.29. The summed E-state index contributed by atoms with van der Waals surface area (Å²) >= 11 is 0. The van der Waals surface area contributed by atoms with E-state index >= 15 is 0 Å². The molecular weight excluding hydrogens is 677 g/mol. The third-order valence-corrected chi connectivity index (χ3v) is 13.2. The number of benzene rings is 2. The summed E-state index contributed by atoms with van der Waals surface area (Å²) in [5.41, 5.74) is 16.3. The minimum atomic E-state index is -1.18. The molecule has 1 aliphatic carbocycles. The standard InChI is InChI=1S/C18H21B40N2/c19-39-50(38)57(49(36)37)52(58(55(45(28)29)46(30)31)56(47(32)33)48(34)35)40(51(53(41(20)21)42(22)23)54(43(24)25)44(26)27)16-7-5-13(6-8-16)12-1-3-14(4-2-12)15-9-17(59)11-18(60)10-15/h1-4,9-11,13,16H,5-8,59-60H2. The Morgan fingerprint density at radius 2 is 0.733 bits per heavy atom. The molecule has 60 heavy (non-hydrogen) atoms. The summed E-state index contributed by atoms with van der Waals surface area (Å²) in [5.74, 6) is -0.104. The van der Waals surface area contributed by atoms with Crippen LogP contribution in [0.2, 0.25) is 5.82 Å². The van der Waals surface area contributed by atoms with Crippen LogP contribution in [-0.2, 0) is 0 Å². The molecular formula is C18H21B40N2.